The fourth-order valence-corrected chi connectivity index (χ4v) is 4.97. The van der Waals surface area contributed by atoms with Crippen LogP contribution in [-0.2, 0) is 14.9 Å². The molecule has 0 atom stereocenters. The van der Waals surface area contributed by atoms with Gasteiger partial charge in [0.05, 0.1) is 25.3 Å². The molecule has 0 spiro atoms. The van der Waals surface area contributed by atoms with Gasteiger partial charge in [-0.15, -0.1) is 0 Å². The van der Waals surface area contributed by atoms with Gasteiger partial charge in [0.25, 0.3) is 0 Å². The lowest BCUT2D eigenvalue weighted by molar-refractivity contribution is -0.0329. The maximum absolute atomic E-state index is 12.3. The number of para-hydroxylation sites is 1. The lowest BCUT2D eigenvalue weighted by atomic mass is 9.77. The number of hydrogen-bond donors (Lipinski definition) is 2. The van der Waals surface area contributed by atoms with Crippen LogP contribution in [0.5, 0.6) is 5.75 Å². The number of rotatable bonds is 9. The zero-order valence-electron chi connectivity index (χ0n) is 22.9. The number of aromatic carboxylic acids is 1. The minimum absolute atomic E-state index is 0.221. The lowest BCUT2D eigenvalue weighted by Crippen LogP contribution is -2.30. The van der Waals surface area contributed by atoms with Crippen LogP contribution in [-0.4, -0.2) is 49.3 Å². The fraction of sp³-hybridized carbons (Fsp3) is 0.242. The second-order valence-corrected chi connectivity index (χ2v) is 10.4. The third-order valence-electron chi connectivity index (χ3n) is 7.50. The Balaban J connectivity index is 1.50. The summed E-state index contributed by atoms with van der Waals surface area (Å²) >= 11 is 0. The van der Waals surface area contributed by atoms with Crippen molar-refractivity contribution in [2.75, 3.05) is 36.6 Å². The largest absolute Gasteiger partial charge is 0.508 e. The number of phenols is 1. The van der Waals surface area contributed by atoms with Gasteiger partial charge in [-0.2, -0.15) is 0 Å². The molecule has 0 amide bonds. The van der Waals surface area contributed by atoms with E-state index in [0.29, 0.717) is 19.8 Å². The molecule has 0 radical (unpaired) electrons. The average molecular weight is 539 g/mol. The second kappa shape index (κ2) is 11.4. The van der Waals surface area contributed by atoms with Crippen molar-refractivity contribution in [3.8, 4) is 5.75 Å². The van der Waals surface area contributed by atoms with Gasteiger partial charge in [-0.3, -0.25) is 0 Å². The molecule has 1 saturated heterocycles. The SMILES string of the molecule is CN(c1ccc(O)cc1)c1ccc(C(C)(C)c2cc(C(=O)O)cc(N(CC3OCCO3)c3ccccc3)c2)cc1. The van der Waals surface area contributed by atoms with E-state index in [0.717, 1.165) is 33.9 Å². The summed E-state index contributed by atoms with van der Waals surface area (Å²) in [5, 5.41) is 19.7. The van der Waals surface area contributed by atoms with Crippen LogP contribution >= 0.6 is 0 Å². The number of hydrogen-bond acceptors (Lipinski definition) is 6. The minimum Gasteiger partial charge on any atom is -0.508 e. The summed E-state index contributed by atoms with van der Waals surface area (Å²) in [6, 6.07) is 30.7. The number of aromatic hydroxyl groups is 1. The van der Waals surface area contributed by atoms with E-state index in [1.807, 2.05) is 54.4 Å². The molecule has 7 nitrogen and oxygen atoms in total. The molecule has 0 unspecified atom stereocenters. The van der Waals surface area contributed by atoms with Gasteiger partial charge in [0.2, 0.25) is 0 Å². The summed E-state index contributed by atoms with van der Waals surface area (Å²) in [6.07, 6.45) is -0.400. The molecule has 0 saturated carbocycles. The molecule has 206 valence electrons. The smallest absolute Gasteiger partial charge is 0.335 e. The van der Waals surface area contributed by atoms with Crippen LogP contribution in [0.1, 0.15) is 35.3 Å². The highest BCUT2D eigenvalue weighted by Gasteiger charge is 2.28. The molecule has 0 aromatic heterocycles. The van der Waals surface area contributed by atoms with Crippen LogP contribution in [0.2, 0.25) is 0 Å². The second-order valence-electron chi connectivity index (χ2n) is 10.4. The Kier molecular flexibility index (Phi) is 7.78. The van der Waals surface area contributed by atoms with E-state index in [1.54, 1.807) is 24.3 Å². The minimum atomic E-state index is -0.980. The molecular formula is C33H34N2O5. The Morgan fingerprint density at radius 1 is 0.800 bits per heavy atom. The summed E-state index contributed by atoms with van der Waals surface area (Å²) < 4.78 is 11.5. The normalized spacial score (nSPS) is 13.8. The van der Waals surface area contributed by atoms with Crippen LogP contribution in [0.25, 0.3) is 0 Å². The van der Waals surface area contributed by atoms with E-state index in [1.165, 1.54) is 0 Å². The number of carboxylic acid groups (broad SMARTS) is 1. The first kappa shape index (κ1) is 27.2. The number of nitrogens with zero attached hydrogens (tertiary/aromatic N) is 2. The summed E-state index contributed by atoms with van der Waals surface area (Å²) in [5.41, 5.74) is 5.31. The molecule has 1 heterocycles. The molecule has 0 bridgehead atoms. The summed E-state index contributed by atoms with van der Waals surface area (Å²) in [5.74, 6) is -0.752. The topological polar surface area (TPSA) is 82.5 Å². The number of carbonyl (C=O) groups is 1. The first-order valence-corrected chi connectivity index (χ1v) is 13.3. The van der Waals surface area contributed by atoms with Crippen molar-refractivity contribution in [1.29, 1.82) is 0 Å². The Morgan fingerprint density at radius 2 is 1.40 bits per heavy atom. The summed E-state index contributed by atoms with van der Waals surface area (Å²) in [4.78, 5) is 16.4. The van der Waals surface area contributed by atoms with E-state index in [2.05, 4.69) is 49.1 Å². The van der Waals surface area contributed by atoms with Crippen molar-refractivity contribution in [1.82, 2.24) is 0 Å². The van der Waals surface area contributed by atoms with Crippen LogP contribution in [0.3, 0.4) is 0 Å². The monoisotopic (exact) mass is 538 g/mol. The maximum Gasteiger partial charge on any atom is 0.335 e. The van der Waals surface area contributed by atoms with Crippen LogP contribution < -0.4 is 9.80 Å². The van der Waals surface area contributed by atoms with Gasteiger partial charge < -0.3 is 29.5 Å². The standard InChI is InChI=1S/C33H34N2O5/c1-33(2,24-9-11-26(12-10-24)34(3)27-13-15-30(36)16-14-27)25-19-23(32(37)38)20-29(21-25)35(22-31-39-17-18-40-31)28-7-5-4-6-8-28/h4-16,19-21,31,36H,17-18,22H2,1-3H3,(H,37,38). The van der Waals surface area contributed by atoms with Crippen molar-refractivity contribution in [2.24, 2.45) is 0 Å². The molecule has 1 fully saturated rings. The van der Waals surface area contributed by atoms with Gasteiger partial charge in [0.1, 0.15) is 5.75 Å². The van der Waals surface area contributed by atoms with Gasteiger partial charge in [-0.25, -0.2) is 4.79 Å². The third-order valence-corrected chi connectivity index (χ3v) is 7.50. The van der Waals surface area contributed by atoms with E-state index in [-0.39, 0.29) is 11.3 Å². The van der Waals surface area contributed by atoms with Crippen molar-refractivity contribution >= 4 is 28.7 Å². The van der Waals surface area contributed by atoms with Crippen LogP contribution in [0.4, 0.5) is 22.7 Å². The zero-order chi connectivity index (χ0) is 28.3. The number of ether oxygens (including phenoxy) is 2. The molecule has 5 rings (SSSR count). The highest BCUT2D eigenvalue weighted by Crippen LogP contribution is 2.38. The van der Waals surface area contributed by atoms with Crippen molar-refractivity contribution in [3.63, 3.8) is 0 Å². The molecule has 1 aliphatic rings. The molecule has 7 heteroatoms. The van der Waals surface area contributed by atoms with Crippen LogP contribution in [0, 0.1) is 0 Å². The lowest BCUT2D eigenvalue weighted by Gasteiger charge is -2.31. The molecule has 4 aromatic carbocycles. The van der Waals surface area contributed by atoms with Gasteiger partial charge in [-0.05, 0) is 77.9 Å². The molecular weight excluding hydrogens is 504 g/mol. The molecule has 4 aromatic rings. The number of carboxylic acids is 1. The van der Waals surface area contributed by atoms with Gasteiger partial charge >= 0.3 is 5.97 Å². The van der Waals surface area contributed by atoms with E-state index in [4.69, 9.17) is 9.47 Å². The Morgan fingerprint density at radius 3 is 2.00 bits per heavy atom. The number of anilines is 4. The van der Waals surface area contributed by atoms with Gasteiger partial charge in [0, 0.05) is 35.2 Å². The zero-order valence-corrected chi connectivity index (χ0v) is 22.9. The molecule has 0 aliphatic carbocycles. The maximum atomic E-state index is 12.3. The van der Waals surface area contributed by atoms with Crippen molar-refractivity contribution in [3.05, 3.63) is 114 Å². The predicted molar refractivity (Wildman–Crippen MR) is 157 cm³/mol. The Bertz CT molecular complexity index is 1450. The summed E-state index contributed by atoms with van der Waals surface area (Å²) in [7, 11) is 1.98. The first-order chi connectivity index (χ1) is 19.2. The fourth-order valence-electron chi connectivity index (χ4n) is 4.97. The van der Waals surface area contributed by atoms with Gasteiger partial charge in [0.15, 0.2) is 6.29 Å². The first-order valence-electron chi connectivity index (χ1n) is 13.3. The van der Waals surface area contributed by atoms with E-state index in [9.17, 15) is 15.0 Å². The molecule has 40 heavy (non-hydrogen) atoms. The van der Waals surface area contributed by atoms with Crippen molar-refractivity contribution < 1.29 is 24.5 Å². The number of phenolic OH excluding ortho intramolecular Hbond substituents is 1. The Labute approximate surface area is 234 Å². The molecule has 1 aliphatic heterocycles. The molecule has 2 N–H and O–H groups in total. The highest BCUT2D eigenvalue weighted by molar-refractivity contribution is 5.90. The van der Waals surface area contributed by atoms with Crippen LogP contribution in [0.15, 0.2) is 97.1 Å². The van der Waals surface area contributed by atoms with E-state index >= 15 is 0 Å². The third kappa shape index (κ3) is 5.81. The van der Waals surface area contributed by atoms with Gasteiger partial charge in [-0.1, -0.05) is 44.2 Å². The number of benzene rings is 4. The average Bonchev–Trinajstić information content (AvgIpc) is 3.49. The van der Waals surface area contributed by atoms with E-state index < -0.39 is 17.7 Å². The summed E-state index contributed by atoms with van der Waals surface area (Å²) in [6.45, 7) is 5.72. The quantitative estimate of drug-likeness (QED) is 0.246. The predicted octanol–water partition coefficient (Wildman–Crippen LogP) is 6.70. The van der Waals surface area contributed by atoms with Crippen molar-refractivity contribution in [2.45, 2.75) is 25.6 Å². The highest BCUT2D eigenvalue weighted by atomic mass is 16.7. The Hall–Kier alpha value is -4.33.